The van der Waals surface area contributed by atoms with Crippen molar-refractivity contribution in [2.75, 3.05) is 25.5 Å². The van der Waals surface area contributed by atoms with Gasteiger partial charge in [0.1, 0.15) is 5.75 Å². The molecular formula is C22H26N2O3. The Morgan fingerprint density at radius 1 is 1.19 bits per heavy atom. The van der Waals surface area contributed by atoms with E-state index < -0.39 is 0 Å². The SMILES string of the molecule is CCN(CC(=O)Nc1cccc(OC)c1)C(=O)C1CCCc2ccccc21. The third-order valence-corrected chi connectivity index (χ3v) is 5.05. The summed E-state index contributed by atoms with van der Waals surface area (Å²) in [6.45, 7) is 2.46. The highest BCUT2D eigenvalue weighted by molar-refractivity contribution is 5.95. The van der Waals surface area contributed by atoms with Gasteiger partial charge in [-0.1, -0.05) is 30.3 Å². The van der Waals surface area contributed by atoms with Crippen molar-refractivity contribution in [1.29, 1.82) is 0 Å². The van der Waals surface area contributed by atoms with Crippen molar-refractivity contribution in [3.05, 3.63) is 59.7 Å². The lowest BCUT2D eigenvalue weighted by atomic mass is 9.82. The standard InChI is InChI=1S/C22H26N2O3/c1-3-24(15-21(25)23-17-10-7-11-18(14-17)27-2)22(26)20-13-6-9-16-8-4-5-12-19(16)20/h4-5,7-8,10-12,14,20H,3,6,9,13,15H2,1-2H3,(H,23,25). The highest BCUT2D eigenvalue weighted by Gasteiger charge is 2.30. The molecule has 2 aromatic rings. The van der Waals surface area contributed by atoms with Crippen LogP contribution in [-0.2, 0) is 16.0 Å². The summed E-state index contributed by atoms with van der Waals surface area (Å²) in [5, 5.41) is 2.85. The highest BCUT2D eigenvalue weighted by atomic mass is 16.5. The molecule has 0 fully saturated rings. The van der Waals surface area contributed by atoms with Crippen LogP contribution in [-0.4, -0.2) is 36.9 Å². The van der Waals surface area contributed by atoms with Gasteiger partial charge in [0, 0.05) is 18.3 Å². The minimum atomic E-state index is -0.206. The van der Waals surface area contributed by atoms with E-state index in [0.29, 0.717) is 18.0 Å². The van der Waals surface area contributed by atoms with E-state index in [9.17, 15) is 9.59 Å². The van der Waals surface area contributed by atoms with E-state index >= 15 is 0 Å². The molecule has 5 heteroatoms. The first-order chi connectivity index (χ1) is 13.1. The fourth-order valence-electron chi connectivity index (χ4n) is 3.65. The molecule has 2 amide bonds. The number of rotatable bonds is 6. The maximum Gasteiger partial charge on any atom is 0.243 e. The minimum absolute atomic E-state index is 0.0328. The van der Waals surface area contributed by atoms with Gasteiger partial charge in [-0.3, -0.25) is 9.59 Å². The maximum absolute atomic E-state index is 13.1. The summed E-state index contributed by atoms with van der Waals surface area (Å²) in [6, 6.07) is 15.3. The predicted octanol–water partition coefficient (Wildman–Crippen LogP) is 3.60. The lowest BCUT2D eigenvalue weighted by molar-refractivity contribution is -0.136. The van der Waals surface area contributed by atoms with Crippen molar-refractivity contribution < 1.29 is 14.3 Å². The molecule has 3 rings (SSSR count). The smallest absolute Gasteiger partial charge is 0.243 e. The molecule has 0 radical (unpaired) electrons. The number of amides is 2. The molecule has 1 atom stereocenters. The summed E-state index contributed by atoms with van der Waals surface area (Å²) in [7, 11) is 1.58. The van der Waals surface area contributed by atoms with Crippen LogP contribution < -0.4 is 10.1 Å². The average Bonchev–Trinajstić information content (AvgIpc) is 2.71. The van der Waals surface area contributed by atoms with E-state index in [-0.39, 0.29) is 24.3 Å². The first kappa shape index (κ1) is 19.0. The van der Waals surface area contributed by atoms with Crippen molar-refractivity contribution in [3.8, 4) is 5.75 Å². The molecule has 1 unspecified atom stereocenters. The van der Waals surface area contributed by atoms with Crippen LogP contribution in [0.4, 0.5) is 5.69 Å². The number of nitrogens with zero attached hydrogens (tertiary/aromatic N) is 1. The van der Waals surface area contributed by atoms with Gasteiger partial charge in [0.25, 0.3) is 0 Å². The number of nitrogens with one attached hydrogen (secondary N) is 1. The Bertz CT molecular complexity index is 819. The number of fused-ring (bicyclic) bond motifs is 1. The molecule has 2 aromatic carbocycles. The number of hydrogen-bond acceptors (Lipinski definition) is 3. The summed E-state index contributed by atoms with van der Waals surface area (Å²) >= 11 is 0. The third kappa shape index (κ3) is 4.48. The third-order valence-electron chi connectivity index (χ3n) is 5.05. The number of ether oxygens (including phenoxy) is 1. The van der Waals surface area contributed by atoms with Crippen LogP contribution in [0.25, 0.3) is 0 Å². The van der Waals surface area contributed by atoms with Gasteiger partial charge in [-0.2, -0.15) is 0 Å². The molecule has 27 heavy (non-hydrogen) atoms. The number of hydrogen-bond donors (Lipinski definition) is 1. The van der Waals surface area contributed by atoms with Crippen LogP contribution in [0.2, 0.25) is 0 Å². The summed E-state index contributed by atoms with van der Waals surface area (Å²) in [5.41, 5.74) is 3.02. The van der Waals surface area contributed by atoms with Crippen LogP contribution in [0.5, 0.6) is 5.75 Å². The molecule has 0 aromatic heterocycles. The molecule has 1 N–H and O–H groups in total. The van der Waals surface area contributed by atoms with E-state index in [1.54, 1.807) is 24.1 Å². The van der Waals surface area contributed by atoms with Gasteiger partial charge in [0.05, 0.1) is 19.6 Å². The Morgan fingerprint density at radius 3 is 2.78 bits per heavy atom. The van der Waals surface area contributed by atoms with Crippen molar-refractivity contribution >= 4 is 17.5 Å². The second-order valence-corrected chi connectivity index (χ2v) is 6.78. The first-order valence-corrected chi connectivity index (χ1v) is 9.43. The largest absolute Gasteiger partial charge is 0.497 e. The van der Waals surface area contributed by atoms with Gasteiger partial charge in [0.2, 0.25) is 11.8 Å². The zero-order valence-electron chi connectivity index (χ0n) is 15.9. The lowest BCUT2D eigenvalue weighted by Crippen LogP contribution is -2.41. The fraction of sp³-hybridized carbons (Fsp3) is 0.364. The predicted molar refractivity (Wildman–Crippen MR) is 106 cm³/mol. The Balaban J connectivity index is 1.68. The molecule has 0 aliphatic heterocycles. The molecule has 0 saturated heterocycles. The number of likely N-dealkylation sites (N-methyl/N-ethyl adjacent to an activating group) is 1. The molecule has 0 heterocycles. The van der Waals surface area contributed by atoms with Gasteiger partial charge < -0.3 is 15.0 Å². The van der Waals surface area contributed by atoms with Crippen molar-refractivity contribution in [2.45, 2.75) is 32.1 Å². The van der Waals surface area contributed by atoms with Crippen molar-refractivity contribution in [3.63, 3.8) is 0 Å². The number of carbonyl (C=O) groups is 2. The van der Waals surface area contributed by atoms with Gasteiger partial charge in [-0.05, 0) is 49.4 Å². The highest BCUT2D eigenvalue weighted by Crippen LogP contribution is 2.32. The topological polar surface area (TPSA) is 58.6 Å². The van der Waals surface area contributed by atoms with Crippen LogP contribution in [0, 0.1) is 0 Å². The van der Waals surface area contributed by atoms with Crippen LogP contribution in [0.1, 0.15) is 36.8 Å². The second-order valence-electron chi connectivity index (χ2n) is 6.78. The average molecular weight is 366 g/mol. The Kier molecular flexibility index (Phi) is 6.12. The van der Waals surface area contributed by atoms with Crippen molar-refractivity contribution in [2.24, 2.45) is 0 Å². The quantitative estimate of drug-likeness (QED) is 0.850. The zero-order chi connectivity index (χ0) is 19.2. The van der Waals surface area contributed by atoms with E-state index in [0.717, 1.165) is 24.8 Å². The van der Waals surface area contributed by atoms with Crippen LogP contribution in [0.15, 0.2) is 48.5 Å². The van der Waals surface area contributed by atoms with E-state index in [1.807, 2.05) is 37.3 Å². The van der Waals surface area contributed by atoms with E-state index in [2.05, 4.69) is 11.4 Å². The molecule has 142 valence electrons. The molecule has 1 aliphatic carbocycles. The van der Waals surface area contributed by atoms with Gasteiger partial charge in [-0.25, -0.2) is 0 Å². The summed E-state index contributed by atoms with van der Waals surface area (Å²) in [5.74, 6) is 0.350. The fourth-order valence-corrected chi connectivity index (χ4v) is 3.65. The van der Waals surface area contributed by atoms with Crippen molar-refractivity contribution in [1.82, 2.24) is 4.90 Å². The number of carbonyl (C=O) groups excluding carboxylic acids is 2. The van der Waals surface area contributed by atoms with E-state index in [4.69, 9.17) is 4.74 Å². The number of aryl methyl sites for hydroxylation is 1. The van der Waals surface area contributed by atoms with Gasteiger partial charge in [0.15, 0.2) is 0 Å². The zero-order valence-corrected chi connectivity index (χ0v) is 15.9. The van der Waals surface area contributed by atoms with Crippen LogP contribution >= 0.6 is 0 Å². The van der Waals surface area contributed by atoms with Gasteiger partial charge in [-0.15, -0.1) is 0 Å². The first-order valence-electron chi connectivity index (χ1n) is 9.43. The Morgan fingerprint density at radius 2 is 2.00 bits per heavy atom. The molecule has 0 bridgehead atoms. The minimum Gasteiger partial charge on any atom is -0.497 e. The van der Waals surface area contributed by atoms with Gasteiger partial charge >= 0.3 is 0 Å². The monoisotopic (exact) mass is 366 g/mol. The lowest BCUT2D eigenvalue weighted by Gasteiger charge is -2.30. The second kappa shape index (κ2) is 8.71. The number of anilines is 1. The number of benzene rings is 2. The molecule has 1 aliphatic rings. The normalized spacial score (nSPS) is 15.6. The molecule has 0 spiro atoms. The summed E-state index contributed by atoms with van der Waals surface area (Å²) < 4.78 is 5.17. The Labute approximate surface area is 160 Å². The summed E-state index contributed by atoms with van der Waals surface area (Å²) in [4.78, 5) is 27.2. The Hall–Kier alpha value is -2.82. The number of methoxy groups -OCH3 is 1. The van der Waals surface area contributed by atoms with Crippen LogP contribution in [0.3, 0.4) is 0 Å². The summed E-state index contributed by atoms with van der Waals surface area (Å²) in [6.07, 6.45) is 2.85. The van der Waals surface area contributed by atoms with E-state index in [1.165, 1.54) is 5.56 Å². The molecular weight excluding hydrogens is 340 g/mol. The molecule has 5 nitrogen and oxygen atoms in total. The maximum atomic E-state index is 13.1. The molecule has 0 saturated carbocycles.